The first-order valence-electron chi connectivity index (χ1n) is 7.29. The highest BCUT2D eigenvalue weighted by Crippen LogP contribution is 2.36. The smallest absolute Gasteiger partial charge is 0.126 e. The summed E-state index contributed by atoms with van der Waals surface area (Å²) in [5.41, 5.74) is 9.03. The lowest BCUT2D eigenvalue weighted by atomic mass is 10.1. The molecule has 6 nitrogen and oxygen atoms in total. The molecule has 112 valence electrons. The Bertz CT molecular complexity index is 824. The van der Waals surface area contributed by atoms with E-state index in [4.69, 9.17) is 5.73 Å². The number of rotatable bonds is 4. The van der Waals surface area contributed by atoms with Crippen LogP contribution in [0, 0.1) is 0 Å². The van der Waals surface area contributed by atoms with Gasteiger partial charge in [0.25, 0.3) is 0 Å². The summed E-state index contributed by atoms with van der Waals surface area (Å²) in [6, 6.07) is 9.73. The number of nitrogens with two attached hydrogens (primary N) is 1. The quantitative estimate of drug-likeness (QED) is 0.591. The number of hydrogen-bond donors (Lipinski definition) is 4. The topological polar surface area (TPSA) is 99.9 Å². The Labute approximate surface area is 127 Å². The van der Waals surface area contributed by atoms with Crippen LogP contribution in [0.5, 0.6) is 0 Å². The lowest BCUT2D eigenvalue weighted by Crippen LogP contribution is -2.20. The summed E-state index contributed by atoms with van der Waals surface area (Å²) in [4.78, 5) is 4.41. The highest BCUT2D eigenvalue weighted by molar-refractivity contribution is 5.95. The minimum Gasteiger partial charge on any atom is -0.388 e. The Morgan fingerprint density at radius 2 is 2.14 bits per heavy atom. The monoisotopic (exact) mass is 295 g/mol. The number of hydrogen-bond acceptors (Lipinski definition) is 5. The summed E-state index contributed by atoms with van der Waals surface area (Å²) in [6.07, 6.45) is 3.42. The van der Waals surface area contributed by atoms with Crippen molar-refractivity contribution in [3.05, 3.63) is 36.5 Å². The van der Waals surface area contributed by atoms with E-state index in [1.807, 2.05) is 30.3 Å². The van der Waals surface area contributed by atoms with Gasteiger partial charge in [0, 0.05) is 35.4 Å². The maximum absolute atomic E-state index is 9.98. The molecular formula is C16H17N5O. The van der Waals surface area contributed by atoms with Gasteiger partial charge in [-0.15, -0.1) is 0 Å². The molecule has 4 rings (SSSR count). The molecule has 1 fully saturated rings. The van der Waals surface area contributed by atoms with Gasteiger partial charge in [-0.3, -0.25) is 5.10 Å². The van der Waals surface area contributed by atoms with E-state index in [9.17, 15) is 5.11 Å². The average Bonchev–Trinajstić information content (AvgIpc) is 3.02. The van der Waals surface area contributed by atoms with Crippen LogP contribution in [0.15, 0.2) is 36.5 Å². The van der Waals surface area contributed by atoms with Crippen molar-refractivity contribution >= 4 is 22.4 Å². The van der Waals surface area contributed by atoms with Gasteiger partial charge in [0.15, 0.2) is 0 Å². The second kappa shape index (κ2) is 4.71. The summed E-state index contributed by atoms with van der Waals surface area (Å²) < 4.78 is 0. The van der Waals surface area contributed by atoms with Crippen molar-refractivity contribution in [2.75, 3.05) is 17.6 Å². The molecule has 0 atom stereocenters. The first-order valence-corrected chi connectivity index (χ1v) is 7.29. The number of aliphatic hydroxyl groups is 1. The van der Waals surface area contributed by atoms with Crippen molar-refractivity contribution in [3.63, 3.8) is 0 Å². The van der Waals surface area contributed by atoms with E-state index in [0.29, 0.717) is 12.4 Å². The minimum absolute atomic E-state index is 0.458. The molecule has 5 N–H and O–H groups in total. The summed E-state index contributed by atoms with van der Waals surface area (Å²) >= 11 is 0. The number of nitrogens with one attached hydrogen (secondary N) is 2. The third-order valence-electron chi connectivity index (χ3n) is 4.08. The van der Waals surface area contributed by atoms with Crippen LogP contribution < -0.4 is 11.1 Å². The number of anilines is 2. The Morgan fingerprint density at radius 1 is 1.27 bits per heavy atom. The summed E-state index contributed by atoms with van der Waals surface area (Å²) in [6.45, 7) is 0.536. The van der Waals surface area contributed by atoms with Crippen molar-refractivity contribution in [1.82, 2.24) is 15.2 Å². The molecule has 1 saturated carbocycles. The average molecular weight is 295 g/mol. The van der Waals surface area contributed by atoms with E-state index >= 15 is 0 Å². The van der Waals surface area contributed by atoms with Crippen LogP contribution >= 0.6 is 0 Å². The fraction of sp³-hybridized carbons (Fsp3) is 0.250. The largest absolute Gasteiger partial charge is 0.388 e. The van der Waals surface area contributed by atoms with Crippen molar-refractivity contribution in [2.24, 2.45) is 0 Å². The third kappa shape index (κ3) is 2.37. The maximum Gasteiger partial charge on any atom is 0.126 e. The second-order valence-electron chi connectivity index (χ2n) is 5.87. The van der Waals surface area contributed by atoms with Crippen LogP contribution in [-0.4, -0.2) is 32.4 Å². The molecule has 22 heavy (non-hydrogen) atoms. The molecule has 1 aliphatic rings. The Kier molecular flexibility index (Phi) is 2.80. The first kappa shape index (κ1) is 13.1. The SMILES string of the molecule is Nc1cc(NCC2(O)CC2)c2ccc(-c3ccn[nH]3)cc2n1. The zero-order valence-electron chi connectivity index (χ0n) is 12.0. The van der Waals surface area contributed by atoms with Crippen molar-refractivity contribution in [3.8, 4) is 11.3 Å². The van der Waals surface area contributed by atoms with Crippen LogP contribution in [0.3, 0.4) is 0 Å². The van der Waals surface area contributed by atoms with E-state index in [-0.39, 0.29) is 0 Å². The number of H-pyrrole nitrogens is 1. The van der Waals surface area contributed by atoms with E-state index in [2.05, 4.69) is 20.5 Å². The van der Waals surface area contributed by atoms with Crippen LogP contribution in [0.1, 0.15) is 12.8 Å². The summed E-state index contributed by atoms with van der Waals surface area (Å²) in [5.74, 6) is 0.458. The Morgan fingerprint density at radius 3 is 2.86 bits per heavy atom. The van der Waals surface area contributed by atoms with E-state index < -0.39 is 5.60 Å². The van der Waals surface area contributed by atoms with Gasteiger partial charge in [-0.05, 0) is 25.0 Å². The van der Waals surface area contributed by atoms with E-state index in [1.165, 1.54) is 0 Å². The van der Waals surface area contributed by atoms with Crippen molar-refractivity contribution < 1.29 is 5.11 Å². The van der Waals surface area contributed by atoms with Gasteiger partial charge >= 0.3 is 0 Å². The molecule has 1 aliphatic carbocycles. The molecule has 0 bridgehead atoms. The van der Waals surface area contributed by atoms with Gasteiger partial charge in [-0.2, -0.15) is 5.10 Å². The molecule has 0 amide bonds. The lowest BCUT2D eigenvalue weighted by Gasteiger charge is -2.14. The van der Waals surface area contributed by atoms with Crippen LogP contribution in [0.25, 0.3) is 22.2 Å². The van der Waals surface area contributed by atoms with Crippen LogP contribution in [0.2, 0.25) is 0 Å². The predicted molar refractivity (Wildman–Crippen MR) is 86.4 cm³/mol. The number of aromatic nitrogens is 3. The second-order valence-corrected chi connectivity index (χ2v) is 5.87. The Hall–Kier alpha value is -2.60. The normalized spacial score (nSPS) is 15.9. The van der Waals surface area contributed by atoms with E-state index in [1.54, 1.807) is 6.20 Å². The molecule has 3 aromatic rings. The minimum atomic E-state index is -0.555. The van der Waals surface area contributed by atoms with Crippen LogP contribution in [-0.2, 0) is 0 Å². The zero-order valence-corrected chi connectivity index (χ0v) is 12.0. The molecule has 0 unspecified atom stereocenters. The molecule has 6 heteroatoms. The van der Waals surface area contributed by atoms with Gasteiger partial charge < -0.3 is 16.2 Å². The van der Waals surface area contributed by atoms with Gasteiger partial charge in [0.2, 0.25) is 0 Å². The van der Waals surface area contributed by atoms with Gasteiger partial charge in [0.05, 0.1) is 16.8 Å². The number of pyridine rings is 1. The van der Waals surface area contributed by atoms with Crippen molar-refractivity contribution in [1.29, 1.82) is 0 Å². The molecule has 1 aromatic carbocycles. The third-order valence-corrected chi connectivity index (χ3v) is 4.08. The lowest BCUT2D eigenvalue weighted by molar-refractivity contribution is 0.164. The first-order chi connectivity index (χ1) is 10.6. The molecule has 2 aromatic heterocycles. The molecule has 0 aliphatic heterocycles. The fourth-order valence-corrected chi connectivity index (χ4v) is 2.56. The summed E-state index contributed by atoms with van der Waals surface area (Å²) in [5, 5.41) is 21.2. The van der Waals surface area contributed by atoms with Crippen molar-refractivity contribution in [2.45, 2.75) is 18.4 Å². The number of fused-ring (bicyclic) bond motifs is 1. The van der Waals surface area contributed by atoms with Gasteiger partial charge in [-0.1, -0.05) is 12.1 Å². The number of nitrogens with zero attached hydrogens (tertiary/aromatic N) is 2. The molecule has 0 spiro atoms. The van der Waals surface area contributed by atoms with Gasteiger partial charge in [0.1, 0.15) is 5.82 Å². The number of aromatic amines is 1. The highest BCUT2D eigenvalue weighted by Gasteiger charge is 2.39. The highest BCUT2D eigenvalue weighted by atomic mass is 16.3. The summed E-state index contributed by atoms with van der Waals surface area (Å²) in [7, 11) is 0. The zero-order chi connectivity index (χ0) is 15.2. The standard InChI is InChI=1S/C16H17N5O/c17-15-8-13(18-9-16(22)4-5-16)11-2-1-10(7-14(11)20-15)12-3-6-19-21-12/h1-3,6-8,22H,4-5,9H2,(H,19,21)(H3,17,18,20). The molecule has 0 radical (unpaired) electrons. The fourth-order valence-electron chi connectivity index (χ4n) is 2.56. The number of nitrogen functional groups attached to an aromatic ring is 1. The van der Waals surface area contributed by atoms with Crippen LogP contribution in [0.4, 0.5) is 11.5 Å². The maximum atomic E-state index is 9.98. The van der Waals surface area contributed by atoms with E-state index in [0.717, 1.165) is 40.7 Å². The van der Waals surface area contributed by atoms with Gasteiger partial charge in [-0.25, -0.2) is 4.98 Å². The molecule has 2 heterocycles. The molecule has 0 saturated heterocycles. The molecular weight excluding hydrogens is 278 g/mol. The predicted octanol–water partition coefficient (Wildman–Crippen LogP) is 2.14. The number of benzene rings is 1. The Balaban J connectivity index is 1.74.